The van der Waals surface area contributed by atoms with E-state index in [4.69, 9.17) is 4.99 Å². The maximum Gasteiger partial charge on any atom is 0.239 e. The van der Waals surface area contributed by atoms with E-state index in [1.807, 2.05) is 73.5 Å². The molecule has 7 heteroatoms. The average Bonchev–Trinajstić information content (AvgIpc) is 3.40. The summed E-state index contributed by atoms with van der Waals surface area (Å²) in [6.07, 6.45) is 10.0. The molecule has 0 aliphatic carbocycles. The van der Waals surface area contributed by atoms with E-state index in [-0.39, 0.29) is 18.5 Å². The van der Waals surface area contributed by atoms with Crippen LogP contribution in [0.4, 0.5) is 0 Å². The SMILES string of the molecule is C=Cc1cc(CNC(=O)CN(C)C(=NC2=C(C=O)NC(CCc3ccccc3)CC2)c2ccccc2)[nH]c1/C=C\C. The zero-order chi connectivity index (χ0) is 29.0. The molecule has 0 fully saturated rings. The highest BCUT2D eigenvalue weighted by Gasteiger charge is 2.22. The molecule has 41 heavy (non-hydrogen) atoms. The largest absolute Gasteiger partial charge is 0.378 e. The molecule has 0 saturated heterocycles. The van der Waals surface area contributed by atoms with Gasteiger partial charge in [0.1, 0.15) is 5.84 Å². The third-order valence-corrected chi connectivity index (χ3v) is 7.12. The Morgan fingerprint density at radius 1 is 1.15 bits per heavy atom. The molecule has 0 saturated carbocycles. The number of nitrogens with one attached hydrogen (secondary N) is 3. The van der Waals surface area contributed by atoms with Gasteiger partial charge >= 0.3 is 0 Å². The number of H-pyrrole nitrogens is 1. The van der Waals surface area contributed by atoms with Gasteiger partial charge in [-0.15, -0.1) is 0 Å². The molecule has 3 aromatic rings. The first-order valence-electron chi connectivity index (χ1n) is 14.1. The summed E-state index contributed by atoms with van der Waals surface area (Å²) in [5.74, 6) is 0.509. The van der Waals surface area contributed by atoms with Gasteiger partial charge < -0.3 is 20.5 Å². The molecule has 0 bridgehead atoms. The van der Waals surface area contributed by atoms with Crippen LogP contribution in [0.2, 0.25) is 0 Å². The van der Waals surface area contributed by atoms with Crippen molar-refractivity contribution in [3.05, 3.63) is 119 Å². The Labute approximate surface area is 242 Å². The van der Waals surface area contributed by atoms with Gasteiger partial charge in [-0.3, -0.25) is 9.59 Å². The van der Waals surface area contributed by atoms with Crippen molar-refractivity contribution in [2.75, 3.05) is 13.6 Å². The molecule has 0 radical (unpaired) electrons. The Morgan fingerprint density at radius 2 is 1.88 bits per heavy atom. The Hall–Kier alpha value is -4.65. The van der Waals surface area contributed by atoms with Crippen molar-refractivity contribution in [1.29, 1.82) is 0 Å². The van der Waals surface area contributed by atoms with Crippen LogP contribution in [-0.2, 0) is 22.6 Å². The predicted octanol–water partition coefficient (Wildman–Crippen LogP) is 5.48. The summed E-state index contributed by atoms with van der Waals surface area (Å²) in [7, 11) is 1.85. The molecule has 3 N–H and O–H groups in total. The van der Waals surface area contributed by atoms with E-state index >= 15 is 0 Å². The Morgan fingerprint density at radius 3 is 2.56 bits per heavy atom. The molecule has 1 amide bonds. The second kappa shape index (κ2) is 14.7. The average molecular weight is 550 g/mol. The number of rotatable bonds is 12. The predicted molar refractivity (Wildman–Crippen MR) is 167 cm³/mol. The minimum Gasteiger partial charge on any atom is -0.378 e. The van der Waals surface area contributed by atoms with Crippen LogP contribution in [0.5, 0.6) is 0 Å². The second-order valence-corrected chi connectivity index (χ2v) is 10.2. The van der Waals surface area contributed by atoms with Crippen LogP contribution in [0.3, 0.4) is 0 Å². The second-order valence-electron chi connectivity index (χ2n) is 10.2. The van der Waals surface area contributed by atoms with E-state index in [0.717, 1.165) is 48.1 Å². The number of aldehydes is 1. The molecule has 7 nitrogen and oxygen atoms in total. The van der Waals surface area contributed by atoms with Crippen LogP contribution in [0, 0.1) is 0 Å². The van der Waals surface area contributed by atoms with Gasteiger partial charge in [0.2, 0.25) is 5.91 Å². The Bertz CT molecular complexity index is 1420. The van der Waals surface area contributed by atoms with Crippen molar-refractivity contribution in [3.63, 3.8) is 0 Å². The number of likely N-dealkylation sites (N-methyl/N-ethyl adjacent to an activating group) is 1. The number of hydrogen-bond acceptors (Lipinski definition) is 4. The maximum atomic E-state index is 13.0. The van der Waals surface area contributed by atoms with E-state index < -0.39 is 0 Å². The maximum absolute atomic E-state index is 13.0. The summed E-state index contributed by atoms with van der Waals surface area (Å²) in [5.41, 5.74) is 6.25. The number of aromatic amines is 1. The molecule has 1 unspecified atom stereocenters. The Balaban J connectivity index is 1.46. The van der Waals surface area contributed by atoms with Crippen molar-refractivity contribution in [3.8, 4) is 0 Å². The lowest BCUT2D eigenvalue weighted by atomic mass is 9.97. The molecule has 1 aliphatic rings. The number of aromatic nitrogens is 1. The van der Waals surface area contributed by atoms with Crippen LogP contribution in [-0.4, -0.2) is 47.5 Å². The van der Waals surface area contributed by atoms with E-state index in [0.29, 0.717) is 30.2 Å². The van der Waals surface area contributed by atoms with Gasteiger partial charge in [0.05, 0.1) is 24.5 Å². The lowest BCUT2D eigenvalue weighted by molar-refractivity contribution is -0.121. The Kier molecular flexibility index (Phi) is 10.5. The fourth-order valence-electron chi connectivity index (χ4n) is 4.98. The van der Waals surface area contributed by atoms with E-state index in [2.05, 4.69) is 46.5 Å². The van der Waals surface area contributed by atoms with Gasteiger partial charge in [0, 0.05) is 30.0 Å². The standard InChI is InChI=1S/C34H39N5O2/c1-4-12-30-26(5-2)21-29(37-30)22-35-33(41)23-39(3)34(27-15-10-7-11-16-27)38-31-20-19-28(36-32(31)24-40)18-17-25-13-8-6-9-14-25/h4-16,21,24,28,36-37H,2,17-20,22-23H2,1,3H3,(H,35,41)/b12-4-,38-34?. The van der Waals surface area contributed by atoms with Crippen molar-refractivity contribution in [2.45, 2.75) is 45.2 Å². The molecule has 2 aromatic carbocycles. The summed E-state index contributed by atoms with van der Waals surface area (Å²) in [6.45, 7) is 6.31. The zero-order valence-electron chi connectivity index (χ0n) is 23.9. The highest BCUT2D eigenvalue weighted by molar-refractivity contribution is 6.01. The summed E-state index contributed by atoms with van der Waals surface area (Å²) in [5, 5.41) is 6.40. The number of hydrogen-bond donors (Lipinski definition) is 3. The van der Waals surface area contributed by atoms with Gasteiger partial charge in [-0.2, -0.15) is 0 Å². The number of carbonyl (C=O) groups excluding carboxylic acids is 2. The number of aliphatic imine (C=N–C) groups is 1. The first kappa shape index (κ1) is 29.3. The summed E-state index contributed by atoms with van der Waals surface area (Å²) in [4.78, 5) is 35.1. The van der Waals surface area contributed by atoms with Crippen LogP contribution < -0.4 is 10.6 Å². The number of amidine groups is 1. The smallest absolute Gasteiger partial charge is 0.239 e. The van der Waals surface area contributed by atoms with Crippen molar-refractivity contribution in [1.82, 2.24) is 20.5 Å². The fraction of sp³-hybridized carbons (Fsp3) is 0.265. The minimum absolute atomic E-state index is 0.112. The van der Waals surface area contributed by atoms with Crippen LogP contribution >= 0.6 is 0 Å². The molecule has 1 atom stereocenters. The van der Waals surface area contributed by atoms with Crippen LogP contribution in [0.1, 0.15) is 54.3 Å². The topological polar surface area (TPSA) is 89.6 Å². The molecule has 212 valence electrons. The molecular weight excluding hydrogens is 510 g/mol. The first-order valence-corrected chi connectivity index (χ1v) is 14.1. The van der Waals surface area contributed by atoms with Crippen molar-refractivity contribution in [2.24, 2.45) is 4.99 Å². The molecular formula is C34H39N5O2. The fourth-order valence-corrected chi connectivity index (χ4v) is 4.98. The quantitative estimate of drug-likeness (QED) is 0.159. The highest BCUT2D eigenvalue weighted by atomic mass is 16.2. The third kappa shape index (κ3) is 8.18. The van der Waals surface area contributed by atoms with Crippen LogP contribution in [0.15, 0.2) is 95.8 Å². The van der Waals surface area contributed by atoms with Crippen molar-refractivity contribution >= 4 is 30.2 Å². The number of carbonyl (C=O) groups is 2. The molecule has 4 rings (SSSR count). The third-order valence-electron chi connectivity index (χ3n) is 7.12. The van der Waals surface area contributed by atoms with E-state index in [9.17, 15) is 9.59 Å². The first-order chi connectivity index (χ1) is 20.0. The van der Waals surface area contributed by atoms with Gasteiger partial charge in [-0.25, -0.2) is 4.99 Å². The summed E-state index contributed by atoms with van der Waals surface area (Å²) in [6, 6.07) is 22.3. The zero-order valence-corrected chi connectivity index (χ0v) is 23.9. The number of allylic oxidation sites excluding steroid dienone is 3. The van der Waals surface area contributed by atoms with E-state index in [1.54, 1.807) is 6.08 Å². The van der Waals surface area contributed by atoms with Crippen molar-refractivity contribution < 1.29 is 9.59 Å². The number of amides is 1. The van der Waals surface area contributed by atoms with Crippen LogP contribution in [0.25, 0.3) is 12.2 Å². The number of benzene rings is 2. The number of nitrogens with zero attached hydrogens (tertiary/aromatic N) is 2. The van der Waals surface area contributed by atoms with Gasteiger partial charge in [0.25, 0.3) is 0 Å². The lowest BCUT2D eigenvalue weighted by Gasteiger charge is -2.27. The van der Waals surface area contributed by atoms with Gasteiger partial charge in [-0.05, 0) is 55.9 Å². The molecule has 0 spiro atoms. The monoisotopic (exact) mass is 549 g/mol. The highest BCUT2D eigenvalue weighted by Crippen LogP contribution is 2.23. The summed E-state index contributed by atoms with van der Waals surface area (Å²) < 4.78 is 0. The summed E-state index contributed by atoms with van der Waals surface area (Å²) >= 11 is 0. The molecule has 2 heterocycles. The van der Waals surface area contributed by atoms with Gasteiger partial charge in [-0.1, -0.05) is 79.4 Å². The van der Waals surface area contributed by atoms with E-state index in [1.165, 1.54) is 5.56 Å². The number of aryl methyl sites for hydroxylation is 1. The van der Waals surface area contributed by atoms with Gasteiger partial charge in [0.15, 0.2) is 6.29 Å². The molecule has 1 aromatic heterocycles. The minimum atomic E-state index is -0.134. The normalized spacial score (nSPS) is 15.5. The molecule has 1 aliphatic heterocycles. The lowest BCUT2D eigenvalue weighted by Crippen LogP contribution is -2.39.